The van der Waals surface area contributed by atoms with Gasteiger partial charge in [0.15, 0.2) is 0 Å². The zero-order valence-corrected chi connectivity index (χ0v) is 15.5. The minimum absolute atomic E-state index is 0.0863. The first-order valence-electron chi connectivity index (χ1n) is 8.60. The Bertz CT molecular complexity index is 635. The number of alkyl carbamates (subject to hydrolysis) is 1. The third-order valence-corrected chi connectivity index (χ3v) is 3.18. The molecular weight excluding hydrogens is 354 g/mol. The van der Waals surface area contributed by atoms with E-state index in [9.17, 15) is 14.4 Å². The molecule has 148 valence electrons. The first-order valence-corrected chi connectivity index (χ1v) is 8.60. The summed E-state index contributed by atoms with van der Waals surface area (Å²) in [5, 5.41) is 10.8. The van der Waals surface area contributed by atoms with E-state index in [1.165, 1.54) is 6.92 Å². The number of hydroxylamine groups is 2. The molecule has 0 fully saturated rings. The van der Waals surface area contributed by atoms with Crippen LogP contribution in [0.25, 0.3) is 0 Å². The molecule has 0 atom stereocenters. The summed E-state index contributed by atoms with van der Waals surface area (Å²) in [4.78, 5) is 39.0. The van der Waals surface area contributed by atoms with Gasteiger partial charge >= 0.3 is 18.0 Å². The van der Waals surface area contributed by atoms with E-state index < -0.39 is 18.0 Å². The molecule has 0 aliphatic carbocycles. The van der Waals surface area contributed by atoms with Crippen molar-refractivity contribution in [2.45, 2.75) is 33.1 Å². The van der Waals surface area contributed by atoms with E-state index in [0.717, 1.165) is 10.6 Å². The Morgan fingerprint density at radius 2 is 1.78 bits per heavy atom. The molecule has 0 saturated carbocycles. The molecule has 1 rings (SSSR count). The molecule has 1 amide bonds. The van der Waals surface area contributed by atoms with Gasteiger partial charge in [-0.25, -0.2) is 4.79 Å². The summed E-state index contributed by atoms with van der Waals surface area (Å²) in [6, 6.07) is 9.54. The number of guanidine groups is 1. The largest absolute Gasteiger partial charge is 0.462 e. The topological polar surface area (TPSA) is 118 Å². The molecule has 0 aromatic heterocycles. The van der Waals surface area contributed by atoms with E-state index in [1.54, 1.807) is 0 Å². The Balaban J connectivity index is 2.21. The van der Waals surface area contributed by atoms with Crippen molar-refractivity contribution < 1.29 is 28.7 Å². The smallest absolute Gasteiger partial charge is 0.414 e. The summed E-state index contributed by atoms with van der Waals surface area (Å²) >= 11 is 0. The molecule has 2 N–H and O–H groups in total. The summed E-state index contributed by atoms with van der Waals surface area (Å²) in [5.74, 6) is -1.41. The first kappa shape index (κ1) is 21.9. The number of nitrogens with one attached hydrogen (secondary N) is 2. The fourth-order valence-corrected chi connectivity index (χ4v) is 2.01. The molecule has 0 bridgehead atoms. The Hall–Kier alpha value is -3.10. The molecular formula is C18H25N3O6. The van der Waals surface area contributed by atoms with E-state index in [1.807, 2.05) is 37.3 Å². The highest BCUT2D eigenvalue weighted by atomic mass is 16.7. The van der Waals surface area contributed by atoms with Crippen molar-refractivity contribution >= 4 is 24.0 Å². The number of benzene rings is 1. The van der Waals surface area contributed by atoms with Crippen LogP contribution in [0, 0.1) is 5.41 Å². The van der Waals surface area contributed by atoms with Crippen LogP contribution < -0.4 is 5.32 Å². The quantitative estimate of drug-likeness (QED) is 0.233. The van der Waals surface area contributed by atoms with Crippen LogP contribution in [0.2, 0.25) is 0 Å². The van der Waals surface area contributed by atoms with Crippen LogP contribution in [0.5, 0.6) is 0 Å². The van der Waals surface area contributed by atoms with Crippen LogP contribution >= 0.6 is 0 Å². The lowest BCUT2D eigenvalue weighted by atomic mass is 10.1. The van der Waals surface area contributed by atoms with Crippen molar-refractivity contribution in [3.05, 3.63) is 35.9 Å². The second-order valence-corrected chi connectivity index (χ2v) is 5.50. The first-order chi connectivity index (χ1) is 12.9. The molecule has 0 unspecified atom stereocenters. The Morgan fingerprint density at radius 3 is 2.41 bits per heavy atom. The van der Waals surface area contributed by atoms with Gasteiger partial charge in [0.1, 0.15) is 13.2 Å². The number of carbonyl (C=O) groups is 3. The average Bonchev–Trinajstić information content (AvgIpc) is 2.63. The van der Waals surface area contributed by atoms with E-state index >= 15 is 0 Å². The van der Waals surface area contributed by atoms with Crippen LogP contribution in [0.1, 0.15) is 32.3 Å². The van der Waals surface area contributed by atoms with Gasteiger partial charge in [0.2, 0.25) is 5.96 Å². The van der Waals surface area contributed by atoms with E-state index in [2.05, 4.69) is 5.32 Å². The number of hydrogen-bond acceptors (Lipinski definition) is 7. The van der Waals surface area contributed by atoms with Gasteiger partial charge in [-0.3, -0.25) is 20.3 Å². The van der Waals surface area contributed by atoms with E-state index in [0.29, 0.717) is 12.8 Å². The van der Waals surface area contributed by atoms with Gasteiger partial charge in [-0.1, -0.05) is 37.3 Å². The van der Waals surface area contributed by atoms with Gasteiger partial charge in [-0.2, -0.15) is 5.06 Å². The number of ether oxygens (including phenoxy) is 2. The zero-order valence-electron chi connectivity index (χ0n) is 15.5. The predicted octanol–water partition coefficient (Wildman–Crippen LogP) is 2.01. The van der Waals surface area contributed by atoms with E-state index in [-0.39, 0.29) is 32.1 Å². The highest BCUT2D eigenvalue weighted by Gasteiger charge is 2.16. The molecule has 9 heteroatoms. The number of aryl methyl sites for hydroxylation is 1. The van der Waals surface area contributed by atoms with Crippen molar-refractivity contribution in [1.29, 1.82) is 5.41 Å². The Morgan fingerprint density at radius 1 is 1.11 bits per heavy atom. The van der Waals surface area contributed by atoms with Gasteiger partial charge in [-0.05, 0) is 18.4 Å². The third kappa shape index (κ3) is 9.83. The normalized spacial score (nSPS) is 9.85. The summed E-state index contributed by atoms with van der Waals surface area (Å²) in [7, 11) is 0. The lowest BCUT2D eigenvalue weighted by molar-refractivity contribution is -0.170. The average molecular weight is 379 g/mol. The van der Waals surface area contributed by atoms with Gasteiger partial charge in [0.25, 0.3) is 0 Å². The van der Waals surface area contributed by atoms with Crippen molar-refractivity contribution in [3.63, 3.8) is 0 Å². The number of hydrogen-bond donors (Lipinski definition) is 2. The second-order valence-electron chi connectivity index (χ2n) is 5.50. The number of nitrogens with zero attached hydrogens (tertiary/aromatic N) is 1. The highest BCUT2D eigenvalue weighted by Crippen LogP contribution is 2.03. The van der Waals surface area contributed by atoms with Gasteiger partial charge in [0, 0.05) is 13.3 Å². The lowest BCUT2D eigenvalue weighted by Crippen LogP contribution is -2.45. The molecule has 1 aromatic carbocycles. The maximum Gasteiger partial charge on any atom is 0.414 e. The molecule has 0 saturated heterocycles. The molecule has 0 heterocycles. The molecule has 0 aliphatic rings. The fourth-order valence-electron chi connectivity index (χ4n) is 2.01. The van der Waals surface area contributed by atoms with Crippen molar-refractivity contribution in [2.24, 2.45) is 0 Å². The molecule has 0 spiro atoms. The minimum Gasteiger partial charge on any atom is -0.462 e. The number of carbonyl (C=O) groups excluding carboxylic acids is 3. The summed E-state index contributed by atoms with van der Waals surface area (Å²) in [6.07, 6.45) is 0.496. The number of esters is 1. The summed E-state index contributed by atoms with van der Waals surface area (Å²) in [5.41, 5.74) is 1.04. The van der Waals surface area contributed by atoms with Crippen LogP contribution in [0.15, 0.2) is 30.3 Å². The number of rotatable bonds is 8. The molecule has 9 nitrogen and oxygen atoms in total. The van der Waals surface area contributed by atoms with Gasteiger partial charge in [0.05, 0.1) is 6.54 Å². The molecule has 0 radical (unpaired) electrons. The Kier molecular flexibility index (Phi) is 9.98. The maximum atomic E-state index is 11.6. The minimum atomic E-state index is -0.909. The van der Waals surface area contributed by atoms with Crippen molar-refractivity contribution in [2.75, 3.05) is 19.8 Å². The standard InChI is InChI=1S/C18H25N3O6/c1-3-11-21(27-14(2)22)17(19)20-18(24)26-13-12-25-16(23)10-9-15-7-5-4-6-8-15/h4-8H,3,9-13H2,1-2H3,(H2,19,20,24). The third-order valence-electron chi connectivity index (χ3n) is 3.18. The lowest BCUT2D eigenvalue weighted by Gasteiger charge is -2.21. The number of amides is 1. The van der Waals surface area contributed by atoms with Crippen molar-refractivity contribution in [3.8, 4) is 0 Å². The SMILES string of the molecule is CCCN(OC(C)=O)C(=N)NC(=O)OCCOC(=O)CCc1ccccc1. The molecule has 1 aromatic rings. The van der Waals surface area contributed by atoms with E-state index in [4.69, 9.17) is 19.7 Å². The maximum absolute atomic E-state index is 11.6. The molecule has 0 aliphatic heterocycles. The van der Waals surface area contributed by atoms with Crippen LogP contribution in [0.3, 0.4) is 0 Å². The molecule has 27 heavy (non-hydrogen) atoms. The van der Waals surface area contributed by atoms with Crippen LogP contribution in [-0.4, -0.2) is 48.8 Å². The van der Waals surface area contributed by atoms with Crippen LogP contribution in [0.4, 0.5) is 4.79 Å². The van der Waals surface area contributed by atoms with Gasteiger partial charge in [-0.15, -0.1) is 0 Å². The summed E-state index contributed by atoms with van der Waals surface area (Å²) in [6.45, 7) is 3.03. The van der Waals surface area contributed by atoms with Crippen molar-refractivity contribution in [1.82, 2.24) is 10.4 Å². The van der Waals surface area contributed by atoms with Gasteiger partial charge < -0.3 is 14.3 Å². The predicted molar refractivity (Wildman–Crippen MR) is 96.7 cm³/mol. The zero-order chi connectivity index (χ0) is 20.1. The summed E-state index contributed by atoms with van der Waals surface area (Å²) < 4.78 is 9.80. The second kappa shape index (κ2) is 12.3. The monoisotopic (exact) mass is 379 g/mol. The van der Waals surface area contributed by atoms with Crippen LogP contribution in [-0.2, 0) is 30.3 Å². The Labute approximate surface area is 158 Å². The highest BCUT2D eigenvalue weighted by molar-refractivity contribution is 5.92. The fraction of sp³-hybridized carbons (Fsp3) is 0.444.